The number of aromatic amines is 1. The van der Waals surface area contributed by atoms with Gasteiger partial charge in [-0.2, -0.15) is 10.4 Å². The fourth-order valence-corrected chi connectivity index (χ4v) is 4.39. The number of aromatic hydroxyl groups is 1. The van der Waals surface area contributed by atoms with Crippen molar-refractivity contribution in [2.45, 2.75) is 18.4 Å². The molecular formula is C19H16N4O3S. The number of hydrogen-bond acceptors (Lipinski definition) is 5. The van der Waals surface area contributed by atoms with Gasteiger partial charge in [-0.15, -0.1) is 0 Å². The molecule has 2 aromatic carbocycles. The minimum Gasteiger partial charge on any atom is -0.493 e. The summed E-state index contributed by atoms with van der Waals surface area (Å²) in [6.45, 7) is 1.93. The Morgan fingerprint density at radius 3 is 2.74 bits per heavy atom. The Morgan fingerprint density at radius 2 is 2.04 bits per heavy atom. The maximum Gasteiger partial charge on any atom is 0.217 e. The smallest absolute Gasteiger partial charge is 0.217 e. The Kier molecular flexibility index (Phi) is 3.71. The molecule has 0 amide bonds. The van der Waals surface area contributed by atoms with E-state index in [4.69, 9.17) is 5.26 Å². The van der Waals surface area contributed by atoms with Gasteiger partial charge in [0, 0.05) is 28.9 Å². The van der Waals surface area contributed by atoms with Gasteiger partial charge in [0.1, 0.15) is 0 Å². The van der Waals surface area contributed by atoms with Crippen molar-refractivity contribution in [3.63, 3.8) is 0 Å². The predicted octanol–water partition coefficient (Wildman–Crippen LogP) is 2.86. The highest BCUT2D eigenvalue weighted by molar-refractivity contribution is 7.90. The molecule has 4 aromatic rings. The summed E-state index contributed by atoms with van der Waals surface area (Å²) >= 11 is 0. The summed E-state index contributed by atoms with van der Waals surface area (Å²) in [4.78, 5) is 3.34. The molecule has 0 aliphatic heterocycles. The van der Waals surface area contributed by atoms with Crippen LogP contribution in [0, 0.1) is 18.3 Å². The zero-order valence-corrected chi connectivity index (χ0v) is 15.5. The van der Waals surface area contributed by atoms with Gasteiger partial charge >= 0.3 is 0 Å². The summed E-state index contributed by atoms with van der Waals surface area (Å²) < 4.78 is 26.1. The number of benzene rings is 2. The monoisotopic (exact) mass is 380 g/mol. The van der Waals surface area contributed by atoms with Crippen LogP contribution < -0.4 is 0 Å². The lowest BCUT2D eigenvalue weighted by molar-refractivity contribution is 0.413. The summed E-state index contributed by atoms with van der Waals surface area (Å²) in [7, 11) is -3.48. The van der Waals surface area contributed by atoms with Crippen LogP contribution in [0.5, 0.6) is 5.88 Å². The molecular weight excluding hydrogens is 364 g/mol. The van der Waals surface area contributed by atoms with Crippen LogP contribution in [0.25, 0.3) is 21.8 Å². The van der Waals surface area contributed by atoms with Gasteiger partial charge in [0.2, 0.25) is 5.88 Å². The molecule has 0 aliphatic rings. The Labute approximate surface area is 155 Å². The van der Waals surface area contributed by atoms with Crippen LogP contribution in [-0.2, 0) is 16.4 Å². The number of nitrogens with one attached hydrogen (secondary N) is 1. The quantitative estimate of drug-likeness (QED) is 0.568. The third-order valence-electron chi connectivity index (χ3n) is 4.66. The second-order valence-electron chi connectivity index (χ2n) is 6.53. The molecule has 0 aliphatic carbocycles. The third-order valence-corrected chi connectivity index (χ3v) is 5.82. The zero-order chi connectivity index (χ0) is 19.3. The molecule has 0 spiro atoms. The van der Waals surface area contributed by atoms with Crippen molar-refractivity contribution < 1.29 is 13.5 Å². The van der Waals surface area contributed by atoms with Gasteiger partial charge in [0.15, 0.2) is 9.84 Å². The van der Waals surface area contributed by atoms with E-state index in [-0.39, 0.29) is 17.3 Å². The van der Waals surface area contributed by atoms with E-state index in [9.17, 15) is 13.5 Å². The number of nitriles is 1. The van der Waals surface area contributed by atoms with E-state index in [1.54, 1.807) is 30.5 Å². The highest BCUT2D eigenvalue weighted by Gasteiger charge is 2.21. The van der Waals surface area contributed by atoms with Gasteiger partial charge in [0.25, 0.3) is 0 Å². The highest BCUT2D eigenvalue weighted by Crippen LogP contribution is 2.32. The lowest BCUT2D eigenvalue weighted by atomic mass is 10.1. The van der Waals surface area contributed by atoms with Crippen LogP contribution in [-0.4, -0.2) is 34.5 Å². The predicted molar refractivity (Wildman–Crippen MR) is 101 cm³/mol. The van der Waals surface area contributed by atoms with Crippen LogP contribution >= 0.6 is 0 Å². The standard InChI is InChI=1S/C19H16N4O3S/c1-11-7-17(27(2,25)26)15(13-5-6-21-18(11)13)10-23-19(24)14-8-12(9-20)3-4-16(14)22-23/h3-8,21,24H,10H2,1-2H3. The fourth-order valence-electron chi connectivity index (χ4n) is 3.38. The van der Waals surface area contributed by atoms with Crippen molar-refractivity contribution in [1.29, 1.82) is 5.26 Å². The normalized spacial score (nSPS) is 11.9. The average molecular weight is 380 g/mol. The van der Waals surface area contributed by atoms with E-state index in [0.717, 1.165) is 16.5 Å². The molecule has 27 heavy (non-hydrogen) atoms. The van der Waals surface area contributed by atoms with Crippen molar-refractivity contribution in [3.8, 4) is 11.9 Å². The van der Waals surface area contributed by atoms with E-state index in [2.05, 4.69) is 10.1 Å². The Hall–Kier alpha value is -3.31. The van der Waals surface area contributed by atoms with Gasteiger partial charge in [-0.3, -0.25) is 0 Å². The molecule has 2 aromatic heterocycles. The minimum atomic E-state index is -3.48. The zero-order valence-electron chi connectivity index (χ0n) is 14.7. The summed E-state index contributed by atoms with van der Waals surface area (Å²) in [5.74, 6) is -0.106. The van der Waals surface area contributed by atoms with E-state index < -0.39 is 9.84 Å². The first-order valence-electron chi connectivity index (χ1n) is 8.19. The van der Waals surface area contributed by atoms with E-state index in [1.807, 2.05) is 19.1 Å². The van der Waals surface area contributed by atoms with Crippen LogP contribution in [0.3, 0.4) is 0 Å². The highest BCUT2D eigenvalue weighted by atomic mass is 32.2. The molecule has 2 N–H and O–H groups in total. The average Bonchev–Trinajstić information content (AvgIpc) is 3.22. The van der Waals surface area contributed by atoms with Crippen LogP contribution in [0.1, 0.15) is 16.7 Å². The van der Waals surface area contributed by atoms with Crippen molar-refractivity contribution in [2.75, 3.05) is 6.26 Å². The van der Waals surface area contributed by atoms with Crippen LogP contribution in [0.4, 0.5) is 0 Å². The van der Waals surface area contributed by atoms with Gasteiger partial charge in [0.05, 0.1) is 34.0 Å². The second-order valence-corrected chi connectivity index (χ2v) is 8.52. The van der Waals surface area contributed by atoms with Gasteiger partial charge in [-0.05, 0) is 42.8 Å². The van der Waals surface area contributed by atoms with Crippen molar-refractivity contribution >= 4 is 31.6 Å². The SMILES string of the molecule is Cc1cc(S(C)(=O)=O)c(Cn2nc3ccc(C#N)cc3c2O)c2cc[nH]c12. The fraction of sp³-hybridized carbons (Fsp3) is 0.158. The second kappa shape index (κ2) is 5.86. The molecule has 0 fully saturated rings. The number of fused-ring (bicyclic) bond motifs is 2. The first kappa shape index (κ1) is 17.1. The molecule has 0 saturated heterocycles. The summed E-state index contributed by atoms with van der Waals surface area (Å²) in [5.41, 5.74) is 3.18. The number of hydrogen-bond donors (Lipinski definition) is 2. The third kappa shape index (κ3) is 2.73. The summed E-state index contributed by atoms with van der Waals surface area (Å²) in [6.07, 6.45) is 2.92. The minimum absolute atomic E-state index is 0.0828. The maximum atomic E-state index is 12.4. The maximum absolute atomic E-state index is 12.4. The molecule has 0 radical (unpaired) electrons. The molecule has 8 heteroatoms. The Morgan fingerprint density at radius 1 is 1.26 bits per heavy atom. The van der Waals surface area contributed by atoms with Gasteiger partial charge in [-0.25, -0.2) is 13.1 Å². The number of H-pyrrole nitrogens is 1. The first-order chi connectivity index (χ1) is 12.8. The molecule has 0 bridgehead atoms. The van der Waals surface area contributed by atoms with E-state index in [0.29, 0.717) is 22.0 Å². The number of aryl methyl sites for hydroxylation is 1. The van der Waals surface area contributed by atoms with E-state index >= 15 is 0 Å². The molecule has 0 saturated carbocycles. The number of aromatic nitrogens is 3. The first-order valence-corrected chi connectivity index (χ1v) is 10.1. The van der Waals surface area contributed by atoms with Crippen LogP contribution in [0.2, 0.25) is 0 Å². The van der Waals surface area contributed by atoms with Gasteiger partial charge < -0.3 is 10.1 Å². The van der Waals surface area contributed by atoms with Crippen molar-refractivity contribution in [3.05, 3.63) is 53.2 Å². The topological polar surface area (TPSA) is 112 Å². The van der Waals surface area contributed by atoms with Gasteiger partial charge in [-0.1, -0.05) is 0 Å². The van der Waals surface area contributed by atoms with E-state index in [1.165, 1.54) is 10.9 Å². The molecule has 4 rings (SSSR count). The summed E-state index contributed by atoms with van der Waals surface area (Å²) in [6, 6.07) is 10.3. The largest absolute Gasteiger partial charge is 0.493 e. The van der Waals surface area contributed by atoms with Crippen LogP contribution in [0.15, 0.2) is 41.4 Å². The van der Waals surface area contributed by atoms with Crippen molar-refractivity contribution in [1.82, 2.24) is 14.8 Å². The molecule has 136 valence electrons. The molecule has 0 atom stereocenters. The number of sulfone groups is 1. The molecule has 2 heterocycles. The Balaban J connectivity index is 1.95. The molecule has 0 unspecified atom stereocenters. The Bertz CT molecular complexity index is 1360. The number of nitrogens with zero attached hydrogens (tertiary/aromatic N) is 3. The summed E-state index contributed by atoms with van der Waals surface area (Å²) in [5, 5.41) is 25.2. The lowest BCUT2D eigenvalue weighted by Crippen LogP contribution is -2.09. The molecule has 7 nitrogen and oxygen atoms in total. The lowest BCUT2D eigenvalue weighted by Gasteiger charge is -2.12. The van der Waals surface area contributed by atoms with Crippen molar-refractivity contribution in [2.24, 2.45) is 0 Å². The number of rotatable bonds is 3.